The number of hydrogen-bond donors (Lipinski definition) is 1. The van der Waals surface area contributed by atoms with Crippen LogP contribution in [0.5, 0.6) is 0 Å². The second-order valence-electron chi connectivity index (χ2n) is 6.61. The molecule has 0 spiro atoms. The van der Waals surface area contributed by atoms with E-state index in [9.17, 15) is 9.59 Å². The number of carbonyl (C=O) groups is 1. The molecule has 0 saturated carbocycles. The summed E-state index contributed by atoms with van der Waals surface area (Å²) < 4.78 is 1.71. The van der Waals surface area contributed by atoms with Crippen LogP contribution in [0.15, 0.2) is 4.79 Å². The van der Waals surface area contributed by atoms with E-state index in [0.29, 0.717) is 19.5 Å². The third-order valence-electron chi connectivity index (χ3n) is 4.59. The average molecular weight is 348 g/mol. The molecular weight excluding hydrogens is 322 g/mol. The number of likely N-dealkylation sites (tertiary alicyclic amines) is 1. The highest BCUT2D eigenvalue weighted by Crippen LogP contribution is 2.28. The summed E-state index contributed by atoms with van der Waals surface area (Å²) in [6.45, 7) is 9.97. The molecule has 1 aliphatic heterocycles. The van der Waals surface area contributed by atoms with Crippen molar-refractivity contribution < 1.29 is 4.79 Å². The van der Waals surface area contributed by atoms with Crippen molar-refractivity contribution in [1.82, 2.24) is 9.47 Å². The van der Waals surface area contributed by atoms with Crippen molar-refractivity contribution in [1.29, 1.82) is 0 Å². The molecular formula is C15H26ClN3O2S. The van der Waals surface area contributed by atoms with Crippen LogP contribution >= 0.6 is 23.7 Å². The first-order chi connectivity index (χ1) is 9.72. The van der Waals surface area contributed by atoms with Crippen molar-refractivity contribution in [3.05, 3.63) is 20.2 Å². The highest BCUT2D eigenvalue weighted by molar-refractivity contribution is 7.09. The molecule has 0 aromatic carbocycles. The lowest BCUT2D eigenvalue weighted by Gasteiger charge is -2.42. The van der Waals surface area contributed by atoms with Gasteiger partial charge in [-0.05, 0) is 25.7 Å². The third-order valence-corrected chi connectivity index (χ3v) is 5.59. The van der Waals surface area contributed by atoms with E-state index in [2.05, 4.69) is 13.8 Å². The number of amides is 1. The first-order valence-electron chi connectivity index (χ1n) is 7.42. The maximum absolute atomic E-state index is 12.4. The van der Waals surface area contributed by atoms with Crippen LogP contribution in [-0.4, -0.2) is 34.5 Å². The van der Waals surface area contributed by atoms with Gasteiger partial charge < -0.3 is 15.2 Å². The molecule has 1 aromatic rings. The molecule has 1 aliphatic rings. The largest absolute Gasteiger partial charge is 0.342 e. The Morgan fingerprint density at radius 3 is 2.55 bits per heavy atom. The van der Waals surface area contributed by atoms with E-state index in [0.717, 1.165) is 23.5 Å². The molecule has 0 aliphatic carbocycles. The van der Waals surface area contributed by atoms with Crippen molar-refractivity contribution in [3.63, 3.8) is 0 Å². The van der Waals surface area contributed by atoms with Gasteiger partial charge in [0.25, 0.3) is 0 Å². The lowest BCUT2D eigenvalue weighted by Crippen LogP contribution is -2.54. The van der Waals surface area contributed by atoms with E-state index < -0.39 is 0 Å². The fourth-order valence-corrected chi connectivity index (χ4v) is 3.66. The number of aryl methyl sites for hydroxylation is 1. The van der Waals surface area contributed by atoms with Crippen LogP contribution in [0.3, 0.4) is 0 Å². The Balaban J connectivity index is 0.00000242. The molecule has 2 rings (SSSR count). The van der Waals surface area contributed by atoms with E-state index in [4.69, 9.17) is 5.73 Å². The Bertz CT molecular complexity index is 594. The van der Waals surface area contributed by atoms with E-state index in [1.165, 1.54) is 11.3 Å². The maximum atomic E-state index is 12.4. The molecule has 1 saturated heterocycles. The lowest BCUT2D eigenvalue weighted by atomic mass is 9.79. The number of nitrogens with zero attached hydrogens (tertiary/aromatic N) is 2. The van der Waals surface area contributed by atoms with E-state index >= 15 is 0 Å². The van der Waals surface area contributed by atoms with Gasteiger partial charge in [-0.15, -0.1) is 12.4 Å². The molecule has 1 aromatic heterocycles. The first-order valence-corrected chi connectivity index (χ1v) is 8.24. The summed E-state index contributed by atoms with van der Waals surface area (Å²) in [6, 6.07) is 0.144. The predicted molar refractivity (Wildman–Crippen MR) is 92.9 cm³/mol. The topological polar surface area (TPSA) is 68.3 Å². The van der Waals surface area contributed by atoms with Crippen LogP contribution in [0.25, 0.3) is 0 Å². The summed E-state index contributed by atoms with van der Waals surface area (Å²) in [5.74, 6) is 0.116. The molecule has 0 radical (unpaired) electrons. The van der Waals surface area contributed by atoms with Crippen LogP contribution in [0.2, 0.25) is 0 Å². The van der Waals surface area contributed by atoms with Crippen molar-refractivity contribution in [3.8, 4) is 0 Å². The van der Waals surface area contributed by atoms with Crippen LogP contribution in [-0.2, 0) is 11.3 Å². The minimum absolute atomic E-state index is 0. The summed E-state index contributed by atoms with van der Waals surface area (Å²) in [7, 11) is 0. The van der Waals surface area contributed by atoms with Gasteiger partial charge in [0.1, 0.15) is 0 Å². The number of carbonyl (C=O) groups excluding carboxylic acids is 1. The normalized spacial score (nSPS) is 20.6. The zero-order valence-corrected chi connectivity index (χ0v) is 15.4. The van der Waals surface area contributed by atoms with Crippen LogP contribution in [0, 0.1) is 19.3 Å². The average Bonchev–Trinajstić information content (AvgIpc) is 2.64. The van der Waals surface area contributed by atoms with Crippen molar-refractivity contribution in [2.45, 2.75) is 53.1 Å². The third kappa shape index (κ3) is 3.91. The van der Waals surface area contributed by atoms with Crippen molar-refractivity contribution in [2.24, 2.45) is 11.1 Å². The maximum Gasteiger partial charge on any atom is 0.307 e. The highest BCUT2D eigenvalue weighted by atomic mass is 35.5. The van der Waals surface area contributed by atoms with Crippen molar-refractivity contribution in [2.75, 3.05) is 13.1 Å². The number of hydrogen-bond acceptors (Lipinski definition) is 4. The molecule has 5 nitrogen and oxygen atoms in total. The SMILES string of the molecule is Cc1sc(=O)n(CCC(=O)N2CCC(N)C(C)(C)C2)c1C.Cl. The van der Waals surface area contributed by atoms with Crippen LogP contribution < -0.4 is 10.6 Å². The Morgan fingerprint density at radius 1 is 1.41 bits per heavy atom. The Morgan fingerprint density at radius 2 is 2.05 bits per heavy atom. The number of rotatable bonds is 3. The number of halogens is 1. The highest BCUT2D eigenvalue weighted by Gasteiger charge is 2.35. The Hall–Kier alpha value is -0.850. The fraction of sp³-hybridized carbons (Fsp3) is 0.733. The Kier molecular flexibility index (Phi) is 6.24. The van der Waals surface area contributed by atoms with Gasteiger partial charge in [-0.3, -0.25) is 9.59 Å². The molecule has 0 bridgehead atoms. The first kappa shape index (κ1) is 19.2. The van der Waals surface area contributed by atoms with Gasteiger partial charge in [-0.1, -0.05) is 25.2 Å². The zero-order chi connectivity index (χ0) is 15.8. The van der Waals surface area contributed by atoms with E-state index in [1.807, 2.05) is 18.7 Å². The summed E-state index contributed by atoms with van der Waals surface area (Å²) in [6.07, 6.45) is 1.22. The number of piperidine rings is 1. The fourth-order valence-electron chi connectivity index (χ4n) is 2.80. The van der Waals surface area contributed by atoms with Gasteiger partial charge in [0.05, 0.1) is 0 Å². The summed E-state index contributed by atoms with van der Waals surface area (Å²) in [5.41, 5.74) is 7.03. The second-order valence-corrected chi connectivity index (χ2v) is 7.78. The zero-order valence-electron chi connectivity index (χ0n) is 13.7. The molecule has 1 atom stereocenters. The van der Waals surface area contributed by atoms with Crippen LogP contribution in [0.4, 0.5) is 0 Å². The summed E-state index contributed by atoms with van der Waals surface area (Å²) in [5, 5.41) is 0. The predicted octanol–water partition coefficient (Wildman–Crippen LogP) is 1.92. The molecule has 1 amide bonds. The molecule has 1 fully saturated rings. The van der Waals surface area contributed by atoms with Gasteiger partial charge in [-0.25, -0.2) is 0 Å². The van der Waals surface area contributed by atoms with Gasteiger partial charge in [-0.2, -0.15) is 0 Å². The standard InChI is InChI=1S/C15H25N3O2S.ClH/c1-10-11(2)21-14(20)18(10)8-6-13(19)17-7-5-12(16)15(3,4)9-17;/h12H,5-9,16H2,1-4H3;1H. The van der Waals surface area contributed by atoms with Crippen LogP contribution in [0.1, 0.15) is 37.3 Å². The van der Waals surface area contributed by atoms with Gasteiger partial charge >= 0.3 is 4.87 Å². The minimum Gasteiger partial charge on any atom is -0.342 e. The molecule has 2 heterocycles. The molecule has 126 valence electrons. The number of thiazole rings is 1. The molecule has 7 heteroatoms. The monoisotopic (exact) mass is 347 g/mol. The van der Waals surface area contributed by atoms with Gasteiger partial charge in [0.2, 0.25) is 5.91 Å². The van der Waals surface area contributed by atoms with E-state index in [1.54, 1.807) is 4.57 Å². The summed E-state index contributed by atoms with van der Waals surface area (Å²) >= 11 is 1.25. The smallest absolute Gasteiger partial charge is 0.307 e. The quantitative estimate of drug-likeness (QED) is 0.908. The van der Waals surface area contributed by atoms with Gasteiger partial charge in [0, 0.05) is 42.7 Å². The number of aromatic nitrogens is 1. The molecule has 22 heavy (non-hydrogen) atoms. The molecule has 2 N–H and O–H groups in total. The minimum atomic E-state index is -0.0420. The van der Waals surface area contributed by atoms with E-state index in [-0.39, 0.29) is 34.6 Å². The second kappa shape index (κ2) is 7.15. The van der Waals surface area contributed by atoms with Crippen molar-refractivity contribution >= 4 is 29.7 Å². The lowest BCUT2D eigenvalue weighted by molar-refractivity contribution is -0.134. The number of nitrogens with two attached hydrogens (primary N) is 1. The van der Waals surface area contributed by atoms with Gasteiger partial charge in [0.15, 0.2) is 0 Å². The Labute approximate surface area is 141 Å². The molecule has 1 unspecified atom stereocenters. The summed E-state index contributed by atoms with van der Waals surface area (Å²) in [4.78, 5) is 27.1.